The van der Waals surface area contributed by atoms with E-state index in [4.69, 9.17) is 4.74 Å². The predicted octanol–water partition coefficient (Wildman–Crippen LogP) is 4.94. The lowest BCUT2D eigenvalue weighted by atomic mass is 10.1. The lowest BCUT2D eigenvalue weighted by Gasteiger charge is -2.12. The molecule has 0 bridgehead atoms. The number of anilines is 1. The quantitative estimate of drug-likeness (QED) is 0.624. The molecule has 0 aromatic heterocycles. The highest BCUT2D eigenvalue weighted by Gasteiger charge is 2.08. The first kappa shape index (κ1) is 17.3. The Labute approximate surface area is 152 Å². The minimum Gasteiger partial charge on any atom is -0.483 e. The maximum atomic E-state index is 12.0. The van der Waals surface area contributed by atoms with Crippen molar-refractivity contribution >= 4 is 50.1 Å². The van der Waals surface area contributed by atoms with Crippen molar-refractivity contribution in [1.82, 2.24) is 0 Å². The van der Waals surface area contributed by atoms with Crippen molar-refractivity contribution in [2.45, 2.75) is 20.3 Å². The molecule has 0 unspecified atom stereocenters. The Bertz CT molecular complexity index is 688. The summed E-state index contributed by atoms with van der Waals surface area (Å²) in [6.45, 7) is 4.03. The maximum absolute atomic E-state index is 12.0. The highest BCUT2D eigenvalue weighted by molar-refractivity contribution is 14.1. The van der Waals surface area contributed by atoms with Crippen LogP contribution in [-0.2, 0) is 11.2 Å². The molecule has 5 heteroatoms. The summed E-state index contributed by atoms with van der Waals surface area (Å²) < 4.78 is 7.80. The van der Waals surface area contributed by atoms with E-state index in [1.807, 2.05) is 43.3 Å². The fourth-order valence-electron chi connectivity index (χ4n) is 2.06. The average Bonchev–Trinajstić information content (AvgIpc) is 2.48. The van der Waals surface area contributed by atoms with Crippen molar-refractivity contribution in [2.24, 2.45) is 0 Å². The van der Waals surface area contributed by atoms with Gasteiger partial charge in [0.05, 0.1) is 0 Å². The molecule has 0 radical (unpaired) electrons. The van der Waals surface area contributed by atoms with E-state index in [2.05, 4.69) is 50.8 Å². The van der Waals surface area contributed by atoms with E-state index in [-0.39, 0.29) is 12.5 Å². The molecule has 0 atom stereocenters. The van der Waals surface area contributed by atoms with Crippen LogP contribution in [0, 0.1) is 10.5 Å². The summed E-state index contributed by atoms with van der Waals surface area (Å²) >= 11 is 5.69. The number of carbonyl (C=O) groups is 1. The average molecular weight is 474 g/mol. The van der Waals surface area contributed by atoms with Gasteiger partial charge in [-0.05, 0) is 83.5 Å². The van der Waals surface area contributed by atoms with Gasteiger partial charge in [-0.1, -0.05) is 22.9 Å². The van der Waals surface area contributed by atoms with Gasteiger partial charge in [0.2, 0.25) is 0 Å². The molecule has 2 aromatic rings. The molecule has 3 nitrogen and oxygen atoms in total. The van der Waals surface area contributed by atoms with Crippen LogP contribution in [0.4, 0.5) is 5.69 Å². The van der Waals surface area contributed by atoms with Crippen LogP contribution in [0.15, 0.2) is 40.9 Å². The highest BCUT2D eigenvalue weighted by Crippen LogP contribution is 2.24. The normalized spacial score (nSPS) is 10.4. The Kier molecular flexibility index (Phi) is 6.26. The molecule has 0 aliphatic heterocycles. The molecule has 0 fully saturated rings. The Morgan fingerprint density at radius 1 is 1.27 bits per heavy atom. The van der Waals surface area contributed by atoms with E-state index in [1.54, 1.807) is 0 Å². The van der Waals surface area contributed by atoms with E-state index < -0.39 is 0 Å². The van der Waals surface area contributed by atoms with Gasteiger partial charge < -0.3 is 10.1 Å². The molecule has 116 valence electrons. The summed E-state index contributed by atoms with van der Waals surface area (Å²) in [5.41, 5.74) is 2.94. The fraction of sp³-hybridized carbons (Fsp3) is 0.235. The summed E-state index contributed by atoms with van der Waals surface area (Å²) in [6.07, 6.45) is 0.854. The molecule has 2 aromatic carbocycles. The summed E-state index contributed by atoms with van der Waals surface area (Å²) in [6, 6.07) is 11.7. The van der Waals surface area contributed by atoms with Crippen LogP contribution in [0.3, 0.4) is 0 Å². The lowest BCUT2D eigenvalue weighted by molar-refractivity contribution is -0.118. The maximum Gasteiger partial charge on any atom is 0.262 e. The summed E-state index contributed by atoms with van der Waals surface area (Å²) in [4.78, 5) is 12.0. The SMILES string of the molecule is CCc1cc(Br)ccc1OCC(=O)Nc1ccc(I)cc1C. The second kappa shape index (κ2) is 7.97. The Morgan fingerprint density at radius 2 is 2.05 bits per heavy atom. The number of aryl methyl sites for hydroxylation is 2. The molecule has 0 spiro atoms. The lowest BCUT2D eigenvalue weighted by Crippen LogP contribution is -2.21. The molecule has 22 heavy (non-hydrogen) atoms. The fourth-order valence-corrected chi connectivity index (χ4v) is 3.12. The first-order valence-corrected chi connectivity index (χ1v) is 8.84. The third kappa shape index (κ3) is 4.71. The van der Waals surface area contributed by atoms with E-state index in [9.17, 15) is 4.79 Å². The summed E-state index contributed by atoms with van der Waals surface area (Å²) in [7, 11) is 0. The van der Waals surface area contributed by atoms with Crippen LogP contribution in [0.1, 0.15) is 18.1 Å². The molecule has 2 rings (SSSR count). The van der Waals surface area contributed by atoms with Crippen LogP contribution < -0.4 is 10.1 Å². The smallest absolute Gasteiger partial charge is 0.262 e. The zero-order valence-electron chi connectivity index (χ0n) is 12.5. The Morgan fingerprint density at radius 3 is 2.73 bits per heavy atom. The van der Waals surface area contributed by atoms with Gasteiger partial charge in [-0.2, -0.15) is 0 Å². The zero-order chi connectivity index (χ0) is 16.1. The topological polar surface area (TPSA) is 38.3 Å². The highest BCUT2D eigenvalue weighted by atomic mass is 127. The second-order valence-electron chi connectivity index (χ2n) is 4.90. The molecular formula is C17H17BrINO2. The van der Waals surface area contributed by atoms with Crippen molar-refractivity contribution in [3.8, 4) is 5.75 Å². The van der Waals surface area contributed by atoms with Crippen LogP contribution >= 0.6 is 38.5 Å². The van der Waals surface area contributed by atoms with Gasteiger partial charge in [-0.3, -0.25) is 4.79 Å². The molecule has 1 amide bonds. The molecule has 0 heterocycles. The van der Waals surface area contributed by atoms with E-state index in [0.717, 1.165) is 37.0 Å². The van der Waals surface area contributed by atoms with Gasteiger partial charge in [-0.25, -0.2) is 0 Å². The number of nitrogens with one attached hydrogen (secondary N) is 1. The third-order valence-electron chi connectivity index (χ3n) is 3.22. The van der Waals surface area contributed by atoms with Crippen LogP contribution in [0.5, 0.6) is 5.75 Å². The predicted molar refractivity (Wildman–Crippen MR) is 102 cm³/mol. The number of halogens is 2. The van der Waals surface area contributed by atoms with Crippen molar-refractivity contribution in [1.29, 1.82) is 0 Å². The van der Waals surface area contributed by atoms with Crippen LogP contribution in [-0.4, -0.2) is 12.5 Å². The van der Waals surface area contributed by atoms with Crippen molar-refractivity contribution in [3.63, 3.8) is 0 Å². The number of hydrogen-bond donors (Lipinski definition) is 1. The van der Waals surface area contributed by atoms with Crippen molar-refractivity contribution in [2.75, 3.05) is 11.9 Å². The van der Waals surface area contributed by atoms with E-state index in [1.165, 1.54) is 0 Å². The molecule has 0 aliphatic carbocycles. The van der Waals surface area contributed by atoms with Crippen molar-refractivity contribution in [3.05, 3.63) is 55.6 Å². The Balaban J connectivity index is 1.98. The van der Waals surface area contributed by atoms with Gasteiger partial charge in [0.25, 0.3) is 5.91 Å². The van der Waals surface area contributed by atoms with Gasteiger partial charge >= 0.3 is 0 Å². The van der Waals surface area contributed by atoms with Crippen LogP contribution in [0.2, 0.25) is 0 Å². The Hall–Kier alpha value is -1.08. The molecule has 1 N–H and O–H groups in total. The minimum atomic E-state index is -0.158. The van der Waals surface area contributed by atoms with Crippen molar-refractivity contribution < 1.29 is 9.53 Å². The van der Waals surface area contributed by atoms with Gasteiger partial charge in [0, 0.05) is 13.7 Å². The number of amides is 1. The standard InChI is InChI=1S/C17H17BrINO2/c1-3-12-9-13(18)4-7-16(12)22-10-17(21)20-15-6-5-14(19)8-11(15)2/h4-9H,3,10H2,1-2H3,(H,20,21). The molecule has 0 saturated carbocycles. The van der Waals surface area contributed by atoms with Crippen LogP contribution in [0.25, 0.3) is 0 Å². The number of hydrogen-bond acceptors (Lipinski definition) is 2. The number of ether oxygens (including phenoxy) is 1. The molecule has 0 aliphatic rings. The number of benzene rings is 2. The monoisotopic (exact) mass is 473 g/mol. The molecule has 0 saturated heterocycles. The van der Waals surface area contributed by atoms with Gasteiger partial charge in [0.15, 0.2) is 6.61 Å². The van der Waals surface area contributed by atoms with Gasteiger partial charge in [-0.15, -0.1) is 0 Å². The first-order chi connectivity index (χ1) is 10.5. The van der Waals surface area contributed by atoms with E-state index >= 15 is 0 Å². The number of rotatable bonds is 5. The zero-order valence-corrected chi connectivity index (χ0v) is 16.2. The number of carbonyl (C=O) groups excluding carboxylic acids is 1. The third-order valence-corrected chi connectivity index (χ3v) is 4.39. The first-order valence-electron chi connectivity index (χ1n) is 6.97. The van der Waals surface area contributed by atoms with E-state index in [0.29, 0.717) is 0 Å². The summed E-state index contributed by atoms with van der Waals surface area (Å²) in [5.74, 6) is 0.592. The largest absolute Gasteiger partial charge is 0.483 e. The summed E-state index contributed by atoms with van der Waals surface area (Å²) in [5, 5.41) is 2.88. The van der Waals surface area contributed by atoms with Gasteiger partial charge in [0.1, 0.15) is 5.75 Å². The minimum absolute atomic E-state index is 0.0000583. The second-order valence-corrected chi connectivity index (χ2v) is 7.06. The molecular weight excluding hydrogens is 457 g/mol.